The van der Waals surface area contributed by atoms with Crippen LogP contribution in [0.4, 0.5) is 0 Å². The number of ether oxygens (including phenoxy) is 1. The highest BCUT2D eigenvalue weighted by Crippen LogP contribution is 2.10. The Hall–Kier alpha value is -2.96. The summed E-state index contributed by atoms with van der Waals surface area (Å²) in [6, 6.07) is 18.1. The molecular formula is C22H24N4O2. The standard InChI is InChI=1S/C22H24N4O2/c27-22(20-15-24-26(17-20)21-4-2-1-3-5-21)23-14-18-6-8-19(9-7-18)16-25-10-12-28-13-11-25/h1-9,15,17H,10-14,16H2,(H,23,27). The summed E-state index contributed by atoms with van der Waals surface area (Å²) in [5, 5.41) is 7.23. The quantitative estimate of drug-likeness (QED) is 0.719. The van der Waals surface area contributed by atoms with Crippen LogP contribution in [-0.2, 0) is 17.8 Å². The molecule has 0 saturated carbocycles. The maximum atomic E-state index is 12.4. The monoisotopic (exact) mass is 376 g/mol. The summed E-state index contributed by atoms with van der Waals surface area (Å²) in [5.74, 6) is -0.125. The number of hydrogen-bond donors (Lipinski definition) is 1. The highest BCUT2D eigenvalue weighted by Gasteiger charge is 2.11. The van der Waals surface area contributed by atoms with Crippen LogP contribution in [-0.4, -0.2) is 46.9 Å². The van der Waals surface area contributed by atoms with Gasteiger partial charge in [-0.15, -0.1) is 0 Å². The Labute approximate surface area is 164 Å². The van der Waals surface area contributed by atoms with Gasteiger partial charge in [0.25, 0.3) is 5.91 Å². The zero-order chi connectivity index (χ0) is 19.2. The molecular weight excluding hydrogens is 352 g/mol. The number of carbonyl (C=O) groups excluding carboxylic acids is 1. The van der Waals surface area contributed by atoms with E-state index >= 15 is 0 Å². The van der Waals surface area contributed by atoms with Crippen molar-refractivity contribution >= 4 is 5.91 Å². The average molecular weight is 376 g/mol. The van der Waals surface area contributed by atoms with E-state index in [0.29, 0.717) is 12.1 Å². The molecule has 2 aromatic carbocycles. The van der Waals surface area contributed by atoms with E-state index < -0.39 is 0 Å². The Morgan fingerprint density at radius 1 is 1.00 bits per heavy atom. The van der Waals surface area contributed by atoms with Gasteiger partial charge in [-0.25, -0.2) is 4.68 Å². The molecule has 1 aliphatic rings. The van der Waals surface area contributed by atoms with Gasteiger partial charge in [0.15, 0.2) is 0 Å². The summed E-state index contributed by atoms with van der Waals surface area (Å²) in [5.41, 5.74) is 3.83. The van der Waals surface area contributed by atoms with Gasteiger partial charge < -0.3 is 10.1 Å². The SMILES string of the molecule is O=C(NCc1ccc(CN2CCOCC2)cc1)c1cnn(-c2ccccc2)c1. The molecule has 1 aromatic heterocycles. The maximum absolute atomic E-state index is 12.4. The van der Waals surface area contributed by atoms with E-state index in [2.05, 4.69) is 39.6 Å². The van der Waals surface area contributed by atoms with Crippen LogP contribution in [0.1, 0.15) is 21.5 Å². The van der Waals surface area contributed by atoms with Crippen LogP contribution >= 0.6 is 0 Å². The molecule has 1 saturated heterocycles. The molecule has 0 atom stereocenters. The van der Waals surface area contributed by atoms with Gasteiger partial charge >= 0.3 is 0 Å². The molecule has 0 spiro atoms. The molecule has 4 rings (SSSR count). The van der Waals surface area contributed by atoms with Crippen molar-refractivity contribution in [1.29, 1.82) is 0 Å². The Kier molecular flexibility index (Phi) is 5.80. The van der Waals surface area contributed by atoms with Gasteiger partial charge in [-0.3, -0.25) is 9.69 Å². The lowest BCUT2D eigenvalue weighted by atomic mass is 10.1. The smallest absolute Gasteiger partial charge is 0.254 e. The van der Waals surface area contributed by atoms with Crippen molar-refractivity contribution in [2.75, 3.05) is 26.3 Å². The first-order chi connectivity index (χ1) is 13.8. The van der Waals surface area contributed by atoms with Crippen LogP contribution in [0.2, 0.25) is 0 Å². The molecule has 0 unspecified atom stereocenters. The number of carbonyl (C=O) groups is 1. The van der Waals surface area contributed by atoms with Gasteiger partial charge in [0.2, 0.25) is 0 Å². The molecule has 2 heterocycles. The first-order valence-corrected chi connectivity index (χ1v) is 9.54. The average Bonchev–Trinajstić information content (AvgIpc) is 3.25. The van der Waals surface area contributed by atoms with Crippen LogP contribution in [0.25, 0.3) is 5.69 Å². The number of morpholine rings is 1. The van der Waals surface area contributed by atoms with E-state index in [4.69, 9.17) is 4.74 Å². The van der Waals surface area contributed by atoms with Crippen molar-refractivity contribution in [2.24, 2.45) is 0 Å². The third-order valence-electron chi connectivity index (χ3n) is 4.85. The van der Waals surface area contributed by atoms with Crippen LogP contribution in [0.15, 0.2) is 67.0 Å². The Bertz CT molecular complexity index is 900. The number of hydrogen-bond acceptors (Lipinski definition) is 4. The number of nitrogens with zero attached hydrogens (tertiary/aromatic N) is 3. The molecule has 6 nitrogen and oxygen atoms in total. The lowest BCUT2D eigenvalue weighted by Crippen LogP contribution is -2.35. The van der Waals surface area contributed by atoms with Gasteiger partial charge in [0.05, 0.1) is 30.7 Å². The fourth-order valence-electron chi connectivity index (χ4n) is 3.23. The lowest BCUT2D eigenvalue weighted by molar-refractivity contribution is 0.0342. The summed E-state index contributed by atoms with van der Waals surface area (Å²) in [7, 11) is 0. The third-order valence-corrected chi connectivity index (χ3v) is 4.85. The molecule has 144 valence electrons. The zero-order valence-electron chi connectivity index (χ0n) is 15.8. The van der Waals surface area contributed by atoms with Gasteiger partial charge in [0.1, 0.15) is 0 Å². The lowest BCUT2D eigenvalue weighted by Gasteiger charge is -2.26. The highest BCUT2D eigenvalue weighted by molar-refractivity contribution is 5.93. The first-order valence-electron chi connectivity index (χ1n) is 9.54. The second-order valence-electron chi connectivity index (χ2n) is 6.90. The van der Waals surface area contributed by atoms with E-state index in [1.807, 2.05) is 30.3 Å². The normalized spacial score (nSPS) is 14.7. The van der Waals surface area contributed by atoms with Gasteiger partial charge in [-0.05, 0) is 23.3 Å². The first kappa shape index (κ1) is 18.4. The predicted octanol–water partition coefficient (Wildman–Crippen LogP) is 2.63. The fraction of sp³-hybridized carbons (Fsp3) is 0.273. The second kappa shape index (κ2) is 8.82. The van der Waals surface area contributed by atoms with Crippen LogP contribution in [0.5, 0.6) is 0 Å². The van der Waals surface area contributed by atoms with Crippen LogP contribution in [0, 0.1) is 0 Å². The summed E-state index contributed by atoms with van der Waals surface area (Å²) in [4.78, 5) is 14.8. The Morgan fingerprint density at radius 2 is 1.71 bits per heavy atom. The molecule has 6 heteroatoms. The van der Waals surface area contributed by atoms with E-state index in [1.54, 1.807) is 17.1 Å². The second-order valence-corrected chi connectivity index (χ2v) is 6.90. The Balaban J connectivity index is 1.30. The highest BCUT2D eigenvalue weighted by atomic mass is 16.5. The predicted molar refractivity (Wildman–Crippen MR) is 107 cm³/mol. The molecule has 1 fully saturated rings. The van der Waals surface area contributed by atoms with Crippen molar-refractivity contribution in [3.63, 3.8) is 0 Å². The van der Waals surface area contributed by atoms with Crippen molar-refractivity contribution in [3.8, 4) is 5.69 Å². The number of nitrogens with one attached hydrogen (secondary N) is 1. The van der Waals surface area contributed by atoms with Crippen molar-refractivity contribution in [2.45, 2.75) is 13.1 Å². The zero-order valence-corrected chi connectivity index (χ0v) is 15.8. The van der Waals surface area contributed by atoms with Crippen molar-refractivity contribution < 1.29 is 9.53 Å². The summed E-state index contributed by atoms with van der Waals surface area (Å²) in [6.07, 6.45) is 3.34. The topological polar surface area (TPSA) is 59.4 Å². The van der Waals surface area contributed by atoms with Gasteiger partial charge in [-0.1, -0.05) is 42.5 Å². The van der Waals surface area contributed by atoms with Crippen LogP contribution < -0.4 is 5.32 Å². The van der Waals surface area contributed by atoms with Crippen molar-refractivity contribution in [3.05, 3.63) is 83.7 Å². The molecule has 3 aromatic rings. The Morgan fingerprint density at radius 3 is 2.46 bits per heavy atom. The largest absolute Gasteiger partial charge is 0.379 e. The molecule has 0 aliphatic carbocycles. The number of benzene rings is 2. The van der Waals surface area contributed by atoms with Gasteiger partial charge in [0, 0.05) is 32.4 Å². The molecule has 1 aliphatic heterocycles. The van der Waals surface area contributed by atoms with E-state index in [0.717, 1.165) is 44.1 Å². The summed E-state index contributed by atoms with van der Waals surface area (Å²) >= 11 is 0. The summed E-state index contributed by atoms with van der Waals surface area (Å²) < 4.78 is 7.09. The van der Waals surface area contributed by atoms with Crippen LogP contribution in [0.3, 0.4) is 0 Å². The maximum Gasteiger partial charge on any atom is 0.254 e. The number of amides is 1. The van der Waals surface area contributed by atoms with Crippen molar-refractivity contribution in [1.82, 2.24) is 20.0 Å². The van der Waals surface area contributed by atoms with Gasteiger partial charge in [-0.2, -0.15) is 5.10 Å². The van der Waals surface area contributed by atoms with E-state index in [9.17, 15) is 4.79 Å². The molecule has 1 N–H and O–H groups in total. The molecule has 1 amide bonds. The number of rotatable bonds is 6. The minimum atomic E-state index is -0.125. The minimum Gasteiger partial charge on any atom is -0.379 e. The number of para-hydroxylation sites is 1. The minimum absolute atomic E-state index is 0.125. The third kappa shape index (κ3) is 4.65. The molecule has 0 radical (unpaired) electrons. The fourth-order valence-corrected chi connectivity index (χ4v) is 3.23. The van der Waals surface area contributed by atoms with E-state index in [-0.39, 0.29) is 5.91 Å². The summed E-state index contributed by atoms with van der Waals surface area (Å²) in [6.45, 7) is 5.01. The number of aromatic nitrogens is 2. The van der Waals surface area contributed by atoms with E-state index in [1.165, 1.54) is 5.56 Å². The molecule has 0 bridgehead atoms. The molecule has 28 heavy (non-hydrogen) atoms.